The van der Waals surface area contributed by atoms with Crippen molar-refractivity contribution in [1.82, 2.24) is 10.6 Å². The van der Waals surface area contributed by atoms with Crippen molar-refractivity contribution in [2.24, 2.45) is 0 Å². The van der Waals surface area contributed by atoms with Gasteiger partial charge in [-0.05, 0) is 31.3 Å². The Bertz CT molecular complexity index is 234. The van der Waals surface area contributed by atoms with Crippen molar-refractivity contribution in [3.05, 3.63) is 0 Å². The molecule has 0 aliphatic rings. The Labute approximate surface area is 113 Å². The Morgan fingerprint density at radius 3 is 2.12 bits per heavy atom. The Balaban J connectivity index is 4.25. The number of carbonyl (C=O) groups is 2. The lowest BCUT2D eigenvalue weighted by Crippen LogP contribution is -2.48. The lowest BCUT2D eigenvalue weighted by molar-refractivity contribution is -0.122. The van der Waals surface area contributed by atoms with Crippen LogP contribution >= 0.6 is 24.4 Å². The molecule has 1 unspecified atom stereocenters. The van der Waals surface area contributed by atoms with E-state index in [0.29, 0.717) is 5.25 Å². The highest BCUT2D eigenvalue weighted by Gasteiger charge is 2.17. The van der Waals surface area contributed by atoms with E-state index < -0.39 is 0 Å². The second kappa shape index (κ2) is 9.65. The van der Waals surface area contributed by atoms with E-state index in [1.54, 1.807) is 11.8 Å². The van der Waals surface area contributed by atoms with Gasteiger partial charge in [0.15, 0.2) is 0 Å². The first-order valence-electron chi connectivity index (χ1n) is 5.67. The Hall–Kier alpha value is -0.360. The van der Waals surface area contributed by atoms with E-state index in [0.717, 1.165) is 25.0 Å². The van der Waals surface area contributed by atoms with Gasteiger partial charge in [0.2, 0.25) is 11.8 Å². The molecule has 17 heavy (non-hydrogen) atoms. The molecule has 4 nitrogen and oxygen atoms in total. The summed E-state index contributed by atoms with van der Waals surface area (Å²) < 4.78 is 0. The SMILES string of the molecule is CSC(CCCS)CC(NC(C)=O)NC(C)=O. The molecule has 0 heterocycles. The van der Waals surface area contributed by atoms with Gasteiger partial charge in [-0.1, -0.05) is 0 Å². The Kier molecular flexibility index (Phi) is 9.44. The molecule has 0 aromatic rings. The van der Waals surface area contributed by atoms with E-state index in [1.165, 1.54) is 13.8 Å². The summed E-state index contributed by atoms with van der Waals surface area (Å²) in [4.78, 5) is 22.1. The van der Waals surface area contributed by atoms with Crippen LogP contribution in [0, 0.1) is 0 Å². The number of carbonyl (C=O) groups excluding carboxylic acids is 2. The summed E-state index contributed by atoms with van der Waals surface area (Å²) in [5.41, 5.74) is 0. The minimum atomic E-state index is -0.276. The number of nitrogens with one attached hydrogen (secondary N) is 2. The third-order valence-corrected chi connectivity index (χ3v) is 3.68. The van der Waals surface area contributed by atoms with Crippen molar-refractivity contribution >= 4 is 36.2 Å². The quantitative estimate of drug-likeness (QED) is 0.465. The molecule has 0 radical (unpaired) electrons. The van der Waals surface area contributed by atoms with Crippen molar-refractivity contribution in [2.45, 2.75) is 44.5 Å². The van der Waals surface area contributed by atoms with Crippen molar-refractivity contribution in [3.63, 3.8) is 0 Å². The maximum Gasteiger partial charge on any atom is 0.218 e. The van der Waals surface area contributed by atoms with Crippen LogP contribution in [0.25, 0.3) is 0 Å². The summed E-state index contributed by atoms with van der Waals surface area (Å²) in [5.74, 6) is 0.609. The van der Waals surface area contributed by atoms with Gasteiger partial charge in [0.05, 0.1) is 0 Å². The van der Waals surface area contributed by atoms with Gasteiger partial charge in [0.25, 0.3) is 0 Å². The van der Waals surface area contributed by atoms with Gasteiger partial charge in [-0.2, -0.15) is 24.4 Å². The molecule has 0 spiro atoms. The van der Waals surface area contributed by atoms with Gasteiger partial charge in [-0.3, -0.25) is 9.59 Å². The molecule has 0 saturated carbocycles. The summed E-state index contributed by atoms with van der Waals surface area (Å²) in [7, 11) is 0. The minimum Gasteiger partial charge on any atom is -0.336 e. The third kappa shape index (κ3) is 9.35. The van der Waals surface area contributed by atoms with Crippen LogP contribution in [0.1, 0.15) is 33.1 Å². The average molecular weight is 278 g/mol. The first-order chi connectivity index (χ1) is 7.99. The van der Waals surface area contributed by atoms with E-state index in [4.69, 9.17) is 0 Å². The molecule has 0 saturated heterocycles. The molecule has 2 N–H and O–H groups in total. The fourth-order valence-electron chi connectivity index (χ4n) is 1.56. The van der Waals surface area contributed by atoms with Crippen molar-refractivity contribution in [2.75, 3.05) is 12.0 Å². The zero-order valence-electron chi connectivity index (χ0n) is 10.7. The van der Waals surface area contributed by atoms with Crippen molar-refractivity contribution in [3.8, 4) is 0 Å². The minimum absolute atomic E-state index is 0.127. The summed E-state index contributed by atoms with van der Waals surface area (Å²) in [6.07, 6.45) is 4.60. The highest BCUT2D eigenvalue weighted by Crippen LogP contribution is 2.18. The molecular weight excluding hydrogens is 256 g/mol. The molecule has 2 amide bonds. The summed E-state index contributed by atoms with van der Waals surface area (Å²) in [6, 6.07) is 0. The number of amides is 2. The highest BCUT2D eigenvalue weighted by molar-refractivity contribution is 7.99. The summed E-state index contributed by atoms with van der Waals surface area (Å²) >= 11 is 5.94. The molecule has 0 aromatic heterocycles. The maximum atomic E-state index is 11.0. The Morgan fingerprint density at radius 1 is 1.24 bits per heavy atom. The van der Waals surface area contributed by atoms with Gasteiger partial charge in [0, 0.05) is 19.1 Å². The van der Waals surface area contributed by atoms with Crippen molar-refractivity contribution < 1.29 is 9.59 Å². The van der Waals surface area contributed by atoms with Crippen LogP contribution in [0.4, 0.5) is 0 Å². The van der Waals surface area contributed by atoms with E-state index >= 15 is 0 Å². The number of hydrogen-bond acceptors (Lipinski definition) is 4. The van der Waals surface area contributed by atoms with Crippen molar-refractivity contribution in [1.29, 1.82) is 0 Å². The molecule has 100 valence electrons. The standard InChI is InChI=1S/C11H22N2O2S2/c1-8(14)12-11(13-9(2)15)7-10(17-3)5-4-6-16/h10-11,16H,4-7H2,1-3H3,(H,12,14)(H,13,15). The number of rotatable bonds is 8. The van der Waals surface area contributed by atoms with Gasteiger partial charge in [-0.25, -0.2) is 0 Å². The topological polar surface area (TPSA) is 58.2 Å². The van der Waals surface area contributed by atoms with Crippen LogP contribution in [0.2, 0.25) is 0 Å². The van der Waals surface area contributed by atoms with Crippen LogP contribution in [0.5, 0.6) is 0 Å². The van der Waals surface area contributed by atoms with E-state index in [1.807, 2.05) is 6.26 Å². The van der Waals surface area contributed by atoms with Crippen LogP contribution in [0.3, 0.4) is 0 Å². The van der Waals surface area contributed by atoms with Gasteiger partial charge in [0.1, 0.15) is 6.17 Å². The maximum absolute atomic E-state index is 11.0. The van der Waals surface area contributed by atoms with Crippen LogP contribution in [-0.2, 0) is 9.59 Å². The molecule has 0 aromatic carbocycles. The van der Waals surface area contributed by atoms with Crippen LogP contribution in [0.15, 0.2) is 0 Å². The van der Waals surface area contributed by atoms with Gasteiger partial charge >= 0.3 is 0 Å². The Morgan fingerprint density at radius 2 is 1.76 bits per heavy atom. The monoisotopic (exact) mass is 278 g/mol. The molecule has 0 rings (SSSR count). The van der Waals surface area contributed by atoms with E-state index in [-0.39, 0.29) is 18.0 Å². The van der Waals surface area contributed by atoms with Gasteiger partial charge < -0.3 is 10.6 Å². The third-order valence-electron chi connectivity index (χ3n) is 2.27. The highest BCUT2D eigenvalue weighted by atomic mass is 32.2. The molecule has 0 fully saturated rings. The first-order valence-corrected chi connectivity index (χ1v) is 7.59. The molecular formula is C11H22N2O2S2. The molecule has 6 heteroatoms. The first kappa shape index (κ1) is 16.6. The predicted molar refractivity (Wildman–Crippen MR) is 76.4 cm³/mol. The fraction of sp³-hybridized carbons (Fsp3) is 0.818. The lowest BCUT2D eigenvalue weighted by Gasteiger charge is -2.23. The average Bonchev–Trinajstić information content (AvgIpc) is 2.22. The smallest absolute Gasteiger partial charge is 0.218 e. The zero-order valence-corrected chi connectivity index (χ0v) is 12.4. The molecule has 1 atom stereocenters. The summed E-state index contributed by atoms with van der Waals surface area (Å²) in [6.45, 7) is 2.91. The summed E-state index contributed by atoms with van der Waals surface area (Å²) in [5, 5.41) is 5.92. The second-order valence-electron chi connectivity index (χ2n) is 3.91. The van der Waals surface area contributed by atoms with E-state index in [9.17, 15) is 9.59 Å². The van der Waals surface area contributed by atoms with E-state index in [2.05, 4.69) is 23.3 Å². The molecule has 0 bridgehead atoms. The fourth-order valence-corrected chi connectivity index (χ4v) is 2.53. The molecule has 0 aliphatic carbocycles. The number of thioether (sulfide) groups is 1. The number of thiol groups is 1. The van der Waals surface area contributed by atoms with Crippen LogP contribution in [-0.4, -0.2) is 35.2 Å². The van der Waals surface area contributed by atoms with Gasteiger partial charge in [-0.15, -0.1) is 0 Å². The number of hydrogen-bond donors (Lipinski definition) is 3. The zero-order chi connectivity index (χ0) is 13.3. The largest absolute Gasteiger partial charge is 0.336 e. The lowest BCUT2D eigenvalue weighted by atomic mass is 10.1. The van der Waals surface area contributed by atoms with Crippen LogP contribution < -0.4 is 10.6 Å². The molecule has 0 aliphatic heterocycles. The second-order valence-corrected chi connectivity index (χ2v) is 5.50. The predicted octanol–water partition coefficient (Wildman–Crippen LogP) is 1.42. The normalized spacial score (nSPS) is 12.3.